The van der Waals surface area contributed by atoms with Crippen LogP contribution in [-0.2, 0) is 0 Å². The lowest BCUT2D eigenvalue weighted by Gasteiger charge is -2.28. The number of fused-ring (bicyclic) bond motifs is 1. The summed E-state index contributed by atoms with van der Waals surface area (Å²) in [6.07, 6.45) is 3.73. The van der Waals surface area contributed by atoms with E-state index in [1.165, 1.54) is 48.7 Å². The van der Waals surface area contributed by atoms with Gasteiger partial charge in [-0.3, -0.25) is 4.98 Å². The van der Waals surface area contributed by atoms with Gasteiger partial charge < -0.3 is 4.90 Å². The van der Waals surface area contributed by atoms with Gasteiger partial charge in [-0.2, -0.15) is 5.26 Å². The largest absolute Gasteiger partial charge is 0.310 e. The van der Waals surface area contributed by atoms with Gasteiger partial charge in [0.2, 0.25) is 0 Å². The smallest absolute Gasteiger partial charge is 0.0991 e. The van der Waals surface area contributed by atoms with Gasteiger partial charge in [0.1, 0.15) is 0 Å². The van der Waals surface area contributed by atoms with Gasteiger partial charge in [-0.25, -0.2) is 0 Å². The van der Waals surface area contributed by atoms with Crippen LogP contribution in [-0.4, -0.2) is 4.98 Å². The van der Waals surface area contributed by atoms with Crippen molar-refractivity contribution in [3.63, 3.8) is 0 Å². The zero-order valence-electron chi connectivity index (χ0n) is 22.1. The number of aromatic nitrogens is 1. The lowest BCUT2D eigenvalue weighted by Crippen LogP contribution is -2.10. The molecule has 0 aliphatic heterocycles. The molecule has 0 unspecified atom stereocenters. The lowest BCUT2D eigenvalue weighted by atomic mass is 9.91. The molecule has 0 radical (unpaired) electrons. The van der Waals surface area contributed by atoms with E-state index in [4.69, 9.17) is 0 Å². The van der Waals surface area contributed by atoms with Crippen LogP contribution in [0.15, 0.2) is 140 Å². The highest BCUT2D eigenvalue weighted by atomic mass is 15.1. The second-order valence-corrected chi connectivity index (χ2v) is 10.4. The van der Waals surface area contributed by atoms with Crippen LogP contribution in [0, 0.1) is 11.3 Å². The quantitative estimate of drug-likeness (QED) is 0.216. The zero-order chi connectivity index (χ0) is 27.3. The predicted octanol–water partition coefficient (Wildman–Crippen LogP) is 10.1. The second-order valence-electron chi connectivity index (χ2n) is 10.4. The molecule has 0 aliphatic rings. The number of pyridine rings is 1. The third-order valence-corrected chi connectivity index (χ3v) is 8.03. The first kappa shape index (κ1) is 23.2. The van der Waals surface area contributed by atoms with Crippen molar-refractivity contribution in [2.45, 2.75) is 0 Å². The first-order chi connectivity index (χ1) is 20.3. The highest BCUT2D eigenvalue weighted by Crippen LogP contribution is 2.44. The van der Waals surface area contributed by atoms with Crippen LogP contribution in [0.5, 0.6) is 0 Å². The van der Waals surface area contributed by atoms with Gasteiger partial charge in [0.25, 0.3) is 0 Å². The van der Waals surface area contributed by atoms with Crippen molar-refractivity contribution in [3.8, 4) is 17.2 Å². The number of anilines is 3. The van der Waals surface area contributed by atoms with E-state index >= 15 is 0 Å². The van der Waals surface area contributed by atoms with E-state index in [0.717, 1.165) is 22.6 Å². The number of rotatable bonds is 4. The minimum atomic E-state index is 0.646. The molecule has 8 rings (SSSR count). The monoisotopic (exact) mass is 521 g/mol. The van der Waals surface area contributed by atoms with Crippen LogP contribution < -0.4 is 4.90 Å². The molecule has 0 spiro atoms. The van der Waals surface area contributed by atoms with Gasteiger partial charge in [0.15, 0.2) is 0 Å². The Morgan fingerprint density at radius 2 is 1.20 bits per heavy atom. The maximum atomic E-state index is 9.43. The van der Waals surface area contributed by atoms with Crippen LogP contribution in [0.4, 0.5) is 17.1 Å². The summed E-state index contributed by atoms with van der Waals surface area (Å²) in [7, 11) is 0. The van der Waals surface area contributed by atoms with Gasteiger partial charge in [0.05, 0.1) is 17.3 Å². The molecular weight excluding hydrogens is 498 g/mol. The van der Waals surface area contributed by atoms with Crippen LogP contribution in [0.2, 0.25) is 0 Å². The van der Waals surface area contributed by atoms with Crippen molar-refractivity contribution in [1.29, 1.82) is 5.26 Å². The number of nitriles is 1. The molecular formula is C38H23N3. The Morgan fingerprint density at radius 1 is 0.537 bits per heavy atom. The molecule has 1 heterocycles. The van der Waals surface area contributed by atoms with Gasteiger partial charge in [0, 0.05) is 34.7 Å². The molecule has 1 aromatic heterocycles. The van der Waals surface area contributed by atoms with E-state index in [2.05, 4.69) is 113 Å². The van der Waals surface area contributed by atoms with Crippen molar-refractivity contribution in [2.24, 2.45) is 0 Å². The van der Waals surface area contributed by atoms with Gasteiger partial charge in [-0.1, -0.05) is 66.7 Å². The third-order valence-electron chi connectivity index (χ3n) is 8.03. The van der Waals surface area contributed by atoms with E-state index in [0.29, 0.717) is 5.56 Å². The maximum absolute atomic E-state index is 9.43. The molecule has 0 atom stereocenters. The number of benzene rings is 7. The van der Waals surface area contributed by atoms with Crippen LogP contribution in [0.1, 0.15) is 5.56 Å². The summed E-state index contributed by atoms with van der Waals surface area (Å²) in [5, 5.41) is 19.2. The van der Waals surface area contributed by atoms with E-state index in [9.17, 15) is 5.26 Å². The number of nitrogens with zero attached hydrogens (tertiary/aromatic N) is 3. The third kappa shape index (κ3) is 3.77. The molecule has 0 N–H and O–H groups in total. The van der Waals surface area contributed by atoms with Crippen LogP contribution in [0.3, 0.4) is 0 Å². The number of hydrogen-bond donors (Lipinski definition) is 0. The Labute approximate surface area is 237 Å². The molecule has 7 aromatic carbocycles. The van der Waals surface area contributed by atoms with Crippen LogP contribution in [0.25, 0.3) is 54.2 Å². The van der Waals surface area contributed by atoms with Crippen molar-refractivity contribution in [2.75, 3.05) is 4.90 Å². The summed E-state index contributed by atoms with van der Waals surface area (Å²) >= 11 is 0. The molecule has 3 nitrogen and oxygen atoms in total. The van der Waals surface area contributed by atoms with Crippen molar-refractivity contribution in [3.05, 3.63) is 145 Å². The average Bonchev–Trinajstić information content (AvgIpc) is 3.04. The Balaban J connectivity index is 1.37. The molecule has 3 heteroatoms. The Hall–Kier alpha value is -5.72. The first-order valence-electron chi connectivity index (χ1n) is 13.7. The summed E-state index contributed by atoms with van der Waals surface area (Å²) in [4.78, 5) is 6.63. The van der Waals surface area contributed by atoms with Crippen LogP contribution >= 0.6 is 0 Å². The van der Waals surface area contributed by atoms with Gasteiger partial charge in [-0.15, -0.1) is 0 Å². The lowest BCUT2D eigenvalue weighted by molar-refractivity contribution is 1.30. The average molecular weight is 522 g/mol. The van der Waals surface area contributed by atoms with Crippen molar-refractivity contribution >= 4 is 60.2 Å². The summed E-state index contributed by atoms with van der Waals surface area (Å²) < 4.78 is 0. The van der Waals surface area contributed by atoms with Crippen molar-refractivity contribution in [1.82, 2.24) is 4.98 Å². The molecule has 0 amide bonds. The normalized spacial score (nSPS) is 11.4. The Morgan fingerprint density at radius 3 is 1.85 bits per heavy atom. The SMILES string of the molecule is N#Cc1ccc(N(c2cc3ccc4cc(-c5cccnc5)cc5ccc(c2)c3c45)c2cccc3ccccc23)cc1. The minimum absolute atomic E-state index is 0.646. The Bertz CT molecular complexity index is 2190. The fourth-order valence-corrected chi connectivity index (χ4v) is 6.17. The highest BCUT2D eigenvalue weighted by molar-refractivity contribution is 6.24. The topological polar surface area (TPSA) is 39.9 Å². The molecule has 8 aromatic rings. The highest BCUT2D eigenvalue weighted by Gasteiger charge is 2.18. The molecule has 0 fully saturated rings. The number of hydrogen-bond acceptors (Lipinski definition) is 3. The second kappa shape index (κ2) is 9.19. The Kier molecular flexibility index (Phi) is 5.20. The minimum Gasteiger partial charge on any atom is -0.310 e. The summed E-state index contributed by atoms with van der Waals surface area (Å²) in [5.41, 5.74) is 6.12. The molecule has 0 aliphatic carbocycles. The summed E-state index contributed by atoms with van der Waals surface area (Å²) in [5.74, 6) is 0. The van der Waals surface area contributed by atoms with E-state index in [1.807, 2.05) is 42.7 Å². The van der Waals surface area contributed by atoms with E-state index in [1.54, 1.807) is 0 Å². The molecule has 0 saturated carbocycles. The fourth-order valence-electron chi connectivity index (χ4n) is 6.17. The maximum Gasteiger partial charge on any atom is 0.0991 e. The van der Waals surface area contributed by atoms with Gasteiger partial charge in [-0.05, 0) is 104 Å². The molecule has 0 bridgehead atoms. The van der Waals surface area contributed by atoms with E-state index in [-0.39, 0.29) is 0 Å². The zero-order valence-corrected chi connectivity index (χ0v) is 22.1. The molecule has 190 valence electrons. The molecule has 41 heavy (non-hydrogen) atoms. The summed E-state index contributed by atoms with van der Waals surface area (Å²) in [6, 6.07) is 47.1. The fraction of sp³-hybridized carbons (Fsp3) is 0. The van der Waals surface area contributed by atoms with E-state index < -0.39 is 0 Å². The standard InChI is InChI=1S/C38H23N3/c39-23-25-10-16-33(17-11-25)41(36-9-3-6-26-5-1-2-8-35(26)36)34-21-29-14-12-27-19-32(31-7-4-18-40-24-31)20-28-13-15-30(22-34)38(29)37(27)28/h1-22,24H. The van der Waals surface area contributed by atoms with Crippen molar-refractivity contribution < 1.29 is 0 Å². The van der Waals surface area contributed by atoms with Gasteiger partial charge >= 0.3 is 0 Å². The summed E-state index contributed by atoms with van der Waals surface area (Å²) in [6.45, 7) is 0. The first-order valence-corrected chi connectivity index (χ1v) is 13.7. The predicted molar refractivity (Wildman–Crippen MR) is 170 cm³/mol. The molecule has 0 saturated heterocycles.